The zero-order valence-corrected chi connectivity index (χ0v) is 23.0. The average molecular weight is 564 g/mol. The molecule has 10 heteroatoms. The summed E-state index contributed by atoms with van der Waals surface area (Å²) in [5.74, 6) is -1.27. The second kappa shape index (κ2) is 11.0. The minimum absolute atomic E-state index is 0.0520. The Balaban J connectivity index is 1.19. The van der Waals surface area contributed by atoms with Crippen molar-refractivity contribution < 1.29 is 32.2 Å². The van der Waals surface area contributed by atoms with Crippen LogP contribution in [0, 0.1) is 18.7 Å². The molecule has 1 aromatic carbocycles. The average Bonchev–Trinajstić information content (AvgIpc) is 3.77. The molecule has 3 heterocycles. The van der Waals surface area contributed by atoms with Gasteiger partial charge in [-0.25, -0.2) is 4.39 Å². The largest absolute Gasteiger partial charge is 0.416 e. The van der Waals surface area contributed by atoms with E-state index in [1.807, 2.05) is 26.0 Å². The summed E-state index contributed by atoms with van der Waals surface area (Å²) in [5.41, 5.74) is -0.184. The molecule has 1 aromatic heterocycles. The number of aromatic nitrogens is 1. The number of benzene rings is 1. The summed E-state index contributed by atoms with van der Waals surface area (Å²) in [7, 11) is 0. The highest BCUT2D eigenvalue weighted by Gasteiger charge is 2.54. The fourth-order valence-corrected chi connectivity index (χ4v) is 6.39. The van der Waals surface area contributed by atoms with E-state index in [-0.39, 0.29) is 30.0 Å². The van der Waals surface area contributed by atoms with Gasteiger partial charge in [0.25, 0.3) is 5.91 Å². The molecule has 2 atom stereocenters. The second-order valence-electron chi connectivity index (χ2n) is 11.6. The lowest BCUT2D eigenvalue weighted by Crippen LogP contribution is -2.58. The van der Waals surface area contributed by atoms with Gasteiger partial charge in [-0.05, 0) is 87.6 Å². The van der Waals surface area contributed by atoms with Crippen LogP contribution in [0.5, 0.6) is 0 Å². The van der Waals surface area contributed by atoms with E-state index in [2.05, 4.69) is 15.2 Å². The number of nitrogens with one attached hydrogen (secondary N) is 1. The van der Waals surface area contributed by atoms with E-state index in [4.69, 9.17) is 4.74 Å². The van der Waals surface area contributed by atoms with E-state index in [9.17, 15) is 27.5 Å². The first kappa shape index (κ1) is 29.0. The van der Waals surface area contributed by atoms with Crippen LogP contribution in [-0.4, -0.2) is 52.2 Å². The summed E-state index contributed by atoms with van der Waals surface area (Å²) in [5, 5.41) is 14.2. The van der Waals surface area contributed by atoms with E-state index < -0.39 is 28.8 Å². The van der Waals surface area contributed by atoms with Gasteiger partial charge in [-0.1, -0.05) is 13.0 Å². The maximum absolute atomic E-state index is 13.8. The number of aryl methyl sites for hydroxylation is 2. The van der Waals surface area contributed by atoms with Crippen LogP contribution in [0.1, 0.15) is 73.5 Å². The third-order valence-electron chi connectivity index (χ3n) is 8.83. The Morgan fingerprint density at radius 1 is 1.15 bits per heavy atom. The molecule has 2 N–H and O–H groups in total. The van der Waals surface area contributed by atoms with Crippen LogP contribution in [0.2, 0.25) is 0 Å². The monoisotopic (exact) mass is 563 g/mol. The van der Waals surface area contributed by atoms with Gasteiger partial charge in [-0.2, -0.15) is 13.2 Å². The highest BCUT2D eigenvalue weighted by atomic mass is 19.4. The summed E-state index contributed by atoms with van der Waals surface area (Å²) in [4.78, 5) is 20.3. The van der Waals surface area contributed by atoms with E-state index in [0.29, 0.717) is 45.0 Å². The van der Waals surface area contributed by atoms with Gasteiger partial charge in [0.1, 0.15) is 11.4 Å². The summed E-state index contributed by atoms with van der Waals surface area (Å²) in [6.45, 7) is 5.55. The summed E-state index contributed by atoms with van der Waals surface area (Å²) in [6, 6.07) is 6.37. The van der Waals surface area contributed by atoms with Crippen LogP contribution in [0.15, 0.2) is 30.3 Å². The van der Waals surface area contributed by atoms with Gasteiger partial charge >= 0.3 is 6.18 Å². The molecule has 218 valence electrons. The number of likely N-dealkylation sites (tertiary alicyclic amines) is 1. The van der Waals surface area contributed by atoms with Crippen molar-refractivity contribution in [2.45, 2.75) is 88.8 Å². The number of hydrogen-bond donors (Lipinski definition) is 2. The molecule has 5 rings (SSSR count). The number of piperidine rings is 1. The van der Waals surface area contributed by atoms with Crippen molar-refractivity contribution in [2.24, 2.45) is 5.92 Å². The van der Waals surface area contributed by atoms with Crippen LogP contribution in [0.25, 0.3) is 0 Å². The number of alkyl halides is 3. The molecule has 0 bridgehead atoms. The zero-order chi connectivity index (χ0) is 28.7. The van der Waals surface area contributed by atoms with E-state index in [1.165, 1.54) is 0 Å². The molecule has 6 nitrogen and oxygen atoms in total. The molecule has 2 aromatic rings. The first-order valence-corrected chi connectivity index (χ1v) is 14.2. The van der Waals surface area contributed by atoms with Crippen LogP contribution >= 0.6 is 0 Å². The van der Waals surface area contributed by atoms with Crippen molar-refractivity contribution in [2.75, 3.05) is 19.7 Å². The third-order valence-corrected chi connectivity index (χ3v) is 8.83. The standard InChI is InChI=1S/C30H37F4N3O3/c1-3-26-25(7-4-19(2)36-26)28(39)10-12-37(13-11-28)24-8-9-29(40-18-24,21-5-6-21)27(38)35-17-20-14-22(30(32,33)34)16-23(31)15-20/h4,7,14-16,21,24,39H,3,5-6,8-13,17-18H2,1-2H3,(H,35,38)/t24?,29-/m0/s1. The van der Waals surface area contributed by atoms with Crippen LogP contribution < -0.4 is 5.32 Å². The quantitative estimate of drug-likeness (QED) is 0.462. The second-order valence-corrected chi connectivity index (χ2v) is 11.6. The minimum Gasteiger partial charge on any atom is -0.385 e. The predicted molar refractivity (Wildman–Crippen MR) is 141 cm³/mol. The molecular formula is C30H37F4N3O3. The Morgan fingerprint density at radius 2 is 1.88 bits per heavy atom. The lowest BCUT2D eigenvalue weighted by atomic mass is 9.81. The molecule has 0 radical (unpaired) electrons. The van der Waals surface area contributed by atoms with Crippen LogP contribution in [0.3, 0.4) is 0 Å². The van der Waals surface area contributed by atoms with Crippen molar-refractivity contribution in [3.8, 4) is 0 Å². The zero-order valence-electron chi connectivity index (χ0n) is 23.0. The lowest BCUT2D eigenvalue weighted by molar-refractivity contribution is -0.167. The van der Waals surface area contributed by atoms with Crippen molar-refractivity contribution in [1.29, 1.82) is 0 Å². The number of pyridine rings is 1. The number of amides is 1. The Morgan fingerprint density at radius 3 is 2.48 bits per heavy atom. The maximum atomic E-state index is 13.8. The van der Waals surface area contributed by atoms with E-state index >= 15 is 0 Å². The number of carbonyl (C=O) groups excluding carboxylic acids is 1. The fraction of sp³-hybridized carbons (Fsp3) is 0.600. The number of nitrogens with zero attached hydrogens (tertiary/aromatic N) is 2. The summed E-state index contributed by atoms with van der Waals surface area (Å²) >= 11 is 0. The normalized spacial score (nSPS) is 25.5. The number of carbonyl (C=O) groups is 1. The Bertz CT molecular complexity index is 1230. The van der Waals surface area contributed by atoms with Crippen molar-refractivity contribution in [1.82, 2.24) is 15.2 Å². The smallest absolute Gasteiger partial charge is 0.385 e. The highest BCUT2D eigenvalue weighted by molar-refractivity contribution is 5.86. The summed E-state index contributed by atoms with van der Waals surface area (Å²) in [6.07, 6.45) is 0.228. The van der Waals surface area contributed by atoms with Gasteiger partial charge in [-0.3, -0.25) is 14.7 Å². The van der Waals surface area contributed by atoms with Gasteiger partial charge in [0.15, 0.2) is 0 Å². The topological polar surface area (TPSA) is 74.7 Å². The number of hydrogen-bond acceptors (Lipinski definition) is 5. The number of ether oxygens (including phenoxy) is 1. The molecule has 1 aliphatic carbocycles. The third kappa shape index (κ3) is 5.90. The molecular weight excluding hydrogens is 526 g/mol. The lowest BCUT2D eigenvalue weighted by Gasteiger charge is -2.46. The van der Waals surface area contributed by atoms with Crippen LogP contribution in [0.4, 0.5) is 17.6 Å². The molecule has 2 saturated heterocycles. The molecule has 0 spiro atoms. The Labute approximate surface area is 232 Å². The number of halogens is 4. The molecule has 1 unspecified atom stereocenters. The van der Waals surface area contributed by atoms with E-state index in [1.54, 1.807) is 0 Å². The van der Waals surface area contributed by atoms with Crippen molar-refractivity contribution in [3.63, 3.8) is 0 Å². The minimum atomic E-state index is -4.67. The molecule has 3 fully saturated rings. The van der Waals surface area contributed by atoms with Crippen LogP contribution in [-0.2, 0) is 34.3 Å². The summed E-state index contributed by atoms with van der Waals surface area (Å²) < 4.78 is 59.4. The first-order chi connectivity index (χ1) is 18.9. The Hall–Kier alpha value is -2.56. The SMILES string of the molecule is CCc1nc(C)ccc1C1(O)CCN(C2CC[C@@](C(=O)NCc3cc(F)cc(C(F)(F)F)c3)(C3CC3)OC2)CC1. The molecule has 2 aliphatic heterocycles. The molecule has 40 heavy (non-hydrogen) atoms. The predicted octanol–water partition coefficient (Wildman–Crippen LogP) is 5.04. The van der Waals surface area contributed by atoms with Crippen molar-refractivity contribution in [3.05, 3.63) is 64.2 Å². The molecule has 1 saturated carbocycles. The van der Waals surface area contributed by atoms with Gasteiger partial charge in [0.05, 0.1) is 17.8 Å². The van der Waals surface area contributed by atoms with Gasteiger partial charge in [0, 0.05) is 42.6 Å². The number of rotatable bonds is 7. The van der Waals surface area contributed by atoms with Gasteiger partial charge in [-0.15, -0.1) is 0 Å². The maximum Gasteiger partial charge on any atom is 0.416 e. The van der Waals surface area contributed by atoms with E-state index in [0.717, 1.165) is 54.8 Å². The first-order valence-electron chi connectivity index (χ1n) is 14.2. The van der Waals surface area contributed by atoms with Gasteiger partial charge in [0.2, 0.25) is 0 Å². The number of aliphatic hydroxyl groups is 1. The van der Waals surface area contributed by atoms with Gasteiger partial charge < -0.3 is 15.2 Å². The molecule has 1 amide bonds. The Kier molecular flexibility index (Phi) is 7.98. The fourth-order valence-electron chi connectivity index (χ4n) is 6.39. The van der Waals surface area contributed by atoms with Crippen molar-refractivity contribution >= 4 is 5.91 Å². The molecule has 3 aliphatic rings. The highest BCUT2D eigenvalue weighted by Crippen LogP contribution is 2.47.